The predicted molar refractivity (Wildman–Crippen MR) is 75.6 cm³/mol. The average Bonchev–Trinajstić information content (AvgIpc) is 2.76. The first-order valence-electron chi connectivity index (χ1n) is 6.60. The van der Waals surface area contributed by atoms with Gasteiger partial charge in [0.1, 0.15) is 0 Å². The molecule has 2 aromatic rings. The average molecular weight is 297 g/mol. The van der Waals surface area contributed by atoms with E-state index in [1.165, 1.54) is 6.07 Å². The molecule has 6 heteroatoms. The van der Waals surface area contributed by atoms with Crippen molar-refractivity contribution >= 4 is 5.69 Å². The lowest BCUT2D eigenvalue weighted by Crippen LogP contribution is -2.16. The van der Waals surface area contributed by atoms with Crippen molar-refractivity contribution in [1.82, 2.24) is 9.78 Å². The summed E-state index contributed by atoms with van der Waals surface area (Å²) in [6.45, 7) is 6.35. The van der Waals surface area contributed by atoms with Gasteiger partial charge in [0.05, 0.1) is 11.4 Å². The topological polar surface area (TPSA) is 29.9 Å². The summed E-state index contributed by atoms with van der Waals surface area (Å²) < 4.78 is 41.4. The zero-order valence-electron chi connectivity index (χ0n) is 12.5. The molecular formula is C15H18F3N3. The van der Waals surface area contributed by atoms with Crippen LogP contribution in [0, 0.1) is 17.5 Å². The fourth-order valence-electron chi connectivity index (χ4n) is 2.15. The molecule has 0 saturated heterocycles. The monoisotopic (exact) mass is 297 g/mol. The summed E-state index contributed by atoms with van der Waals surface area (Å²) in [5, 5.41) is 7.19. The van der Waals surface area contributed by atoms with Crippen molar-refractivity contribution in [2.45, 2.75) is 32.7 Å². The largest absolute Gasteiger partial charge is 0.378 e. The smallest absolute Gasteiger partial charge is 0.196 e. The molecule has 0 atom stereocenters. The van der Waals surface area contributed by atoms with Gasteiger partial charge in [-0.25, -0.2) is 13.2 Å². The molecule has 0 aliphatic heterocycles. The van der Waals surface area contributed by atoms with E-state index in [1.54, 1.807) is 11.7 Å². The van der Waals surface area contributed by atoms with Crippen LogP contribution < -0.4 is 5.32 Å². The summed E-state index contributed by atoms with van der Waals surface area (Å²) in [6.07, 6.45) is 1.82. The minimum atomic E-state index is -1.47. The van der Waals surface area contributed by atoms with Crippen molar-refractivity contribution in [3.8, 4) is 0 Å². The third-order valence-electron chi connectivity index (χ3n) is 3.12. The van der Waals surface area contributed by atoms with Gasteiger partial charge in [-0.1, -0.05) is 20.8 Å². The SMILES string of the molecule is Cn1cc(CNc2ccc(F)c(F)c2F)c(C(C)(C)C)n1. The highest BCUT2D eigenvalue weighted by Gasteiger charge is 2.22. The first-order valence-corrected chi connectivity index (χ1v) is 6.60. The third-order valence-corrected chi connectivity index (χ3v) is 3.12. The Hall–Kier alpha value is -1.98. The summed E-state index contributed by atoms with van der Waals surface area (Å²) in [5.74, 6) is -3.88. The van der Waals surface area contributed by atoms with Crippen LogP contribution in [0.5, 0.6) is 0 Å². The summed E-state index contributed by atoms with van der Waals surface area (Å²) in [5.41, 5.74) is 1.53. The van der Waals surface area contributed by atoms with Crippen LogP contribution in [0.1, 0.15) is 32.0 Å². The molecule has 1 N–H and O–H groups in total. The van der Waals surface area contributed by atoms with Gasteiger partial charge in [0.15, 0.2) is 17.5 Å². The molecule has 0 aliphatic rings. The van der Waals surface area contributed by atoms with Gasteiger partial charge in [-0.15, -0.1) is 0 Å². The predicted octanol–water partition coefficient (Wildman–Crippen LogP) is 3.75. The maximum absolute atomic E-state index is 13.6. The summed E-state index contributed by atoms with van der Waals surface area (Å²) in [6, 6.07) is 2.08. The molecule has 0 unspecified atom stereocenters. The third kappa shape index (κ3) is 3.20. The van der Waals surface area contributed by atoms with Gasteiger partial charge in [0.25, 0.3) is 0 Å². The number of hydrogen-bond donors (Lipinski definition) is 1. The Bertz CT molecular complexity index is 657. The molecule has 1 heterocycles. The number of nitrogens with zero attached hydrogens (tertiary/aromatic N) is 2. The second-order valence-electron chi connectivity index (χ2n) is 6.00. The van der Waals surface area contributed by atoms with Gasteiger partial charge >= 0.3 is 0 Å². The fourth-order valence-corrected chi connectivity index (χ4v) is 2.15. The van der Waals surface area contributed by atoms with Crippen LogP contribution in [0.15, 0.2) is 18.3 Å². The molecule has 21 heavy (non-hydrogen) atoms. The van der Waals surface area contributed by atoms with E-state index in [-0.39, 0.29) is 17.6 Å². The van der Waals surface area contributed by atoms with Crippen LogP contribution in [0.4, 0.5) is 18.9 Å². The highest BCUT2D eigenvalue weighted by Crippen LogP contribution is 2.26. The van der Waals surface area contributed by atoms with E-state index in [4.69, 9.17) is 0 Å². The first-order chi connectivity index (χ1) is 9.70. The Morgan fingerprint density at radius 1 is 1.14 bits per heavy atom. The maximum atomic E-state index is 13.6. The number of anilines is 1. The van der Waals surface area contributed by atoms with Crippen molar-refractivity contribution in [3.05, 3.63) is 47.0 Å². The van der Waals surface area contributed by atoms with Crippen LogP contribution >= 0.6 is 0 Å². The Morgan fingerprint density at radius 2 is 1.81 bits per heavy atom. The Kier molecular flexibility index (Phi) is 3.98. The molecule has 0 saturated carbocycles. The summed E-state index contributed by atoms with van der Waals surface area (Å²) in [7, 11) is 1.80. The lowest BCUT2D eigenvalue weighted by molar-refractivity contribution is 0.449. The zero-order chi connectivity index (χ0) is 15.8. The van der Waals surface area contributed by atoms with E-state index < -0.39 is 17.5 Å². The number of halogens is 3. The Balaban J connectivity index is 2.23. The van der Waals surface area contributed by atoms with Gasteiger partial charge in [-0.05, 0) is 12.1 Å². The molecule has 0 aliphatic carbocycles. The first kappa shape index (κ1) is 15.4. The molecule has 0 radical (unpaired) electrons. The molecule has 3 nitrogen and oxygen atoms in total. The van der Waals surface area contributed by atoms with E-state index in [0.717, 1.165) is 17.3 Å². The second-order valence-corrected chi connectivity index (χ2v) is 6.00. The minimum Gasteiger partial charge on any atom is -0.378 e. The van der Waals surface area contributed by atoms with Crippen molar-refractivity contribution < 1.29 is 13.2 Å². The highest BCUT2D eigenvalue weighted by atomic mass is 19.2. The molecule has 114 valence electrons. The molecule has 1 aromatic heterocycles. The van der Waals surface area contributed by atoms with Crippen molar-refractivity contribution in [2.24, 2.45) is 7.05 Å². The van der Waals surface area contributed by atoms with Crippen molar-refractivity contribution in [1.29, 1.82) is 0 Å². The Morgan fingerprint density at radius 3 is 2.43 bits per heavy atom. The standard InChI is InChI=1S/C15H18F3N3/c1-15(2,3)14-9(8-21(4)20-14)7-19-11-6-5-10(16)12(17)13(11)18/h5-6,8,19H,7H2,1-4H3. The van der Waals surface area contributed by atoms with E-state index in [9.17, 15) is 13.2 Å². The van der Waals surface area contributed by atoms with Gasteiger partial charge < -0.3 is 5.32 Å². The van der Waals surface area contributed by atoms with Crippen LogP contribution in [0.3, 0.4) is 0 Å². The second kappa shape index (κ2) is 5.42. The molecule has 0 amide bonds. The van der Waals surface area contributed by atoms with Crippen LogP contribution in [0.2, 0.25) is 0 Å². The van der Waals surface area contributed by atoms with Gasteiger partial charge in [-0.2, -0.15) is 5.10 Å². The van der Waals surface area contributed by atoms with Crippen molar-refractivity contribution in [3.63, 3.8) is 0 Å². The van der Waals surface area contributed by atoms with E-state index in [0.29, 0.717) is 0 Å². The number of benzene rings is 1. The quantitative estimate of drug-likeness (QED) is 0.875. The summed E-state index contributed by atoms with van der Waals surface area (Å²) >= 11 is 0. The number of rotatable bonds is 3. The van der Waals surface area contributed by atoms with Crippen LogP contribution in [0.25, 0.3) is 0 Å². The fraction of sp³-hybridized carbons (Fsp3) is 0.400. The molecule has 0 bridgehead atoms. The van der Waals surface area contributed by atoms with E-state index in [2.05, 4.69) is 10.4 Å². The molecule has 1 aromatic carbocycles. The van der Waals surface area contributed by atoms with Crippen molar-refractivity contribution in [2.75, 3.05) is 5.32 Å². The highest BCUT2D eigenvalue weighted by molar-refractivity contribution is 5.46. The van der Waals surface area contributed by atoms with E-state index >= 15 is 0 Å². The molecular weight excluding hydrogens is 279 g/mol. The Labute approximate surface area is 121 Å². The lowest BCUT2D eigenvalue weighted by atomic mass is 9.89. The van der Waals surface area contributed by atoms with Crippen LogP contribution in [-0.4, -0.2) is 9.78 Å². The molecule has 2 rings (SSSR count). The normalized spacial score (nSPS) is 11.8. The van der Waals surface area contributed by atoms with Gasteiger partial charge in [0.2, 0.25) is 0 Å². The maximum Gasteiger partial charge on any atom is 0.196 e. The lowest BCUT2D eigenvalue weighted by Gasteiger charge is -2.18. The number of nitrogens with one attached hydrogen (secondary N) is 1. The molecule has 0 spiro atoms. The zero-order valence-corrected chi connectivity index (χ0v) is 12.5. The van der Waals surface area contributed by atoms with Gasteiger partial charge in [-0.3, -0.25) is 4.68 Å². The minimum absolute atomic E-state index is 0.0717. The van der Waals surface area contributed by atoms with Crippen LogP contribution in [-0.2, 0) is 19.0 Å². The number of aryl methyl sites for hydroxylation is 1. The number of aromatic nitrogens is 2. The van der Waals surface area contributed by atoms with E-state index in [1.807, 2.05) is 27.0 Å². The molecule has 0 fully saturated rings. The number of hydrogen-bond acceptors (Lipinski definition) is 2. The van der Waals surface area contributed by atoms with Gasteiger partial charge in [0, 0.05) is 30.8 Å². The summed E-state index contributed by atoms with van der Waals surface area (Å²) in [4.78, 5) is 0.